The minimum atomic E-state index is -6.16. The first-order valence-electron chi connectivity index (χ1n) is 13.5. The van der Waals surface area contributed by atoms with Gasteiger partial charge in [0.1, 0.15) is 29.9 Å². The largest absolute Gasteiger partial charge is 0.490 e. The molecule has 2 saturated heterocycles. The number of nitrogens with zero attached hydrogens (tertiary/aromatic N) is 4. The van der Waals surface area contributed by atoms with Crippen LogP contribution in [0.5, 0.6) is 0 Å². The molecular formula is C19H26N6O20P4S. The maximum atomic E-state index is 12.4. The van der Waals surface area contributed by atoms with Crippen molar-refractivity contribution in [3.63, 3.8) is 0 Å². The average molecular weight is 814 g/mol. The van der Waals surface area contributed by atoms with Crippen LogP contribution < -0.4 is 11.2 Å². The molecule has 31 heteroatoms. The number of phosphoric acid groups is 4. The number of nitrogens with one attached hydrogen (secondary N) is 2. The number of aromatic amines is 2. The zero-order valence-corrected chi connectivity index (χ0v) is 28.8. The molecule has 0 aliphatic carbocycles. The molecule has 8 unspecified atom stereocenters. The first-order valence-corrected chi connectivity index (χ1v) is 19.9. The van der Waals surface area contributed by atoms with E-state index in [9.17, 15) is 62.7 Å². The molecule has 0 spiro atoms. The summed E-state index contributed by atoms with van der Waals surface area (Å²) in [6.45, 7) is -2.03. The first-order chi connectivity index (χ1) is 23.2. The second kappa shape index (κ2) is 14.7. The molecule has 0 radical (unpaired) electrons. The molecule has 0 aromatic carbocycles. The Morgan fingerprint density at radius 1 is 0.860 bits per heavy atom. The van der Waals surface area contributed by atoms with E-state index >= 15 is 0 Å². The van der Waals surface area contributed by atoms with Crippen LogP contribution in [0.3, 0.4) is 0 Å². The van der Waals surface area contributed by atoms with E-state index in [1.54, 1.807) is 0 Å². The van der Waals surface area contributed by atoms with Crippen LogP contribution >= 0.6 is 43.5 Å². The molecule has 5 rings (SSSR count). The van der Waals surface area contributed by atoms with Gasteiger partial charge in [-0.2, -0.15) is 12.9 Å². The molecule has 11 atom stereocenters. The number of aliphatic hydroxyl groups is 3. The van der Waals surface area contributed by atoms with Crippen molar-refractivity contribution in [1.29, 1.82) is 0 Å². The lowest BCUT2D eigenvalue weighted by Gasteiger charge is -2.21. The molecule has 2 aliphatic rings. The van der Waals surface area contributed by atoms with Crippen LogP contribution in [0.2, 0.25) is 0 Å². The van der Waals surface area contributed by atoms with Gasteiger partial charge in [-0.3, -0.25) is 28.0 Å². The Morgan fingerprint density at radius 3 is 2.12 bits per heavy atom. The van der Waals surface area contributed by atoms with Crippen LogP contribution in [0.25, 0.3) is 11.2 Å². The van der Waals surface area contributed by atoms with E-state index in [1.807, 2.05) is 4.98 Å². The van der Waals surface area contributed by atoms with E-state index in [-0.39, 0.29) is 22.2 Å². The Labute approximate surface area is 281 Å². The standard InChI is InChI=1S/C19H26N6O20P4S/c26-9-3-8(41-17(9)24-2-1-11(27)23-19(24)30)4-39-46(31,32)43-48(35,36)45-49(37,38)44-47(33,34)40-5-10-13(28)14(29)18(42-10)25-7-22-15-12(25)16(50)21-6-20-15/h1-2,6-10,13-14,17-18,26,28-29H,3-5H2,(H,31,32)(H,33,34)(H,35,36)(H,37,38)(H,20,21,50)(H,23,27,30)/t8-,9+,10?,13?,14?,17+,18?/m0/s1. The summed E-state index contributed by atoms with van der Waals surface area (Å²) in [5, 5.41) is 31.1. The van der Waals surface area contributed by atoms with E-state index in [2.05, 4.69) is 36.9 Å². The Hall–Kier alpha value is -2.19. The monoisotopic (exact) mass is 814 g/mol. The molecule has 2 aliphatic heterocycles. The van der Waals surface area contributed by atoms with Crippen LogP contribution in [0.1, 0.15) is 18.9 Å². The Bertz CT molecular complexity index is 2110. The number of aliphatic hydroxyl groups excluding tert-OH is 3. The molecule has 9 N–H and O–H groups in total. The normalized spacial score (nSPS) is 30.4. The highest BCUT2D eigenvalue weighted by Crippen LogP contribution is 2.71. The zero-order valence-electron chi connectivity index (χ0n) is 24.4. The molecule has 5 heterocycles. The predicted octanol–water partition coefficient (Wildman–Crippen LogP) is -1.21. The molecule has 0 saturated carbocycles. The molecule has 3 aromatic heterocycles. The summed E-state index contributed by atoms with van der Waals surface area (Å²) in [5.41, 5.74) is -1.25. The third-order valence-corrected chi connectivity index (χ3v) is 12.9. The van der Waals surface area contributed by atoms with Gasteiger partial charge >= 0.3 is 37.0 Å². The van der Waals surface area contributed by atoms with E-state index in [0.29, 0.717) is 0 Å². The van der Waals surface area contributed by atoms with Gasteiger partial charge in [-0.05, 0) is 0 Å². The predicted molar refractivity (Wildman–Crippen MR) is 159 cm³/mol. The number of hydrogen-bond donors (Lipinski definition) is 9. The van der Waals surface area contributed by atoms with Gasteiger partial charge in [-0.15, -0.1) is 0 Å². The average Bonchev–Trinajstić information content (AvgIpc) is 3.65. The van der Waals surface area contributed by atoms with Crippen molar-refractivity contribution in [2.75, 3.05) is 13.2 Å². The highest BCUT2D eigenvalue weighted by molar-refractivity contribution is 7.71. The summed E-state index contributed by atoms with van der Waals surface area (Å²) in [6, 6.07) is 0.954. The molecule has 3 aromatic rings. The van der Waals surface area contributed by atoms with Gasteiger partial charge in [0.25, 0.3) is 5.56 Å². The summed E-state index contributed by atoms with van der Waals surface area (Å²) in [4.78, 5) is 75.1. The molecule has 2 fully saturated rings. The van der Waals surface area contributed by atoms with Crippen molar-refractivity contribution in [2.45, 2.75) is 49.4 Å². The zero-order chi connectivity index (χ0) is 36.8. The third-order valence-electron chi connectivity index (χ3n) is 6.73. The Morgan fingerprint density at radius 2 is 1.48 bits per heavy atom. The van der Waals surface area contributed by atoms with E-state index in [1.165, 1.54) is 17.2 Å². The maximum absolute atomic E-state index is 12.4. The number of H-pyrrole nitrogens is 2. The number of imidazole rings is 1. The molecule has 0 bridgehead atoms. The minimum absolute atomic E-state index is 0.0431. The smallest absolute Gasteiger partial charge is 0.388 e. The number of fused-ring (bicyclic) bond motifs is 1. The Balaban J connectivity index is 1.13. The molecular weight excluding hydrogens is 788 g/mol. The van der Waals surface area contributed by atoms with Crippen molar-refractivity contribution in [2.24, 2.45) is 0 Å². The third kappa shape index (κ3) is 9.23. The van der Waals surface area contributed by atoms with Crippen molar-refractivity contribution in [3.8, 4) is 0 Å². The van der Waals surface area contributed by atoms with Gasteiger partial charge in [0.05, 0.1) is 32.0 Å². The lowest BCUT2D eigenvalue weighted by molar-refractivity contribution is -0.0524. The fourth-order valence-corrected chi connectivity index (χ4v) is 9.94. The second-order valence-electron chi connectivity index (χ2n) is 10.3. The second-order valence-corrected chi connectivity index (χ2v) is 16.9. The van der Waals surface area contributed by atoms with Crippen molar-refractivity contribution < 1.29 is 84.6 Å². The summed E-state index contributed by atoms with van der Waals surface area (Å²) in [6.07, 6.45) is -7.32. The number of hydrogen-bond acceptors (Lipinski definition) is 19. The van der Waals surface area contributed by atoms with Gasteiger partial charge in [0.2, 0.25) is 0 Å². The molecule has 26 nitrogen and oxygen atoms in total. The molecule has 50 heavy (non-hydrogen) atoms. The quantitative estimate of drug-likeness (QED) is 0.0681. The van der Waals surface area contributed by atoms with Gasteiger partial charge in [0, 0.05) is 18.7 Å². The van der Waals surface area contributed by atoms with Gasteiger partial charge < -0.3 is 49.4 Å². The van der Waals surface area contributed by atoms with Crippen molar-refractivity contribution in [3.05, 3.63) is 50.4 Å². The van der Waals surface area contributed by atoms with Crippen LogP contribution in [0, 0.1) is 4.64 Å². The number of ether oxygens (including phenoxy) is 2. The Kier molecular flexibility index (Phi) is 11.5. The maximum Gasteiger partial charge on any atom is 0.490 e. The number of aromatic nitrogens is 6. The van der Waals surface area contributed by atoms with Gasteiger partial charge in [0.15, 0.2) is 22.7 Å². The molecule has 278 valence electrons. The summed E-state index contributed by atoms with van der Waals surface area (Å²) in [5.74, 6) is 0. The lowest BCUT2D eigenvalue weighted by Crippen LogP contribution is -2.34. The summed E-state index contributed by atoms with van der Waals surface area (Å²) in [7, 11) is -23.7. The van der Waals surface area contributed by atoms with E-state index in [0.717, 1.165) is 16.8 Å². The van der Waals surface area contributed by atoms with E-state index in [4.69, 9.17) is 21.7 Å². The van der Waals surface area contributed by atoms with Crippen molar-refractivity contribution >= 4 is 54.7 Å². The first kappa shape index (κ1) is 39.0. The molecule has 0 amide bonds. The fraction of sp³-hybridized carbons (Fsp3) is 0.526. The van der Waals surface area contributed by atoms with Crippen molar-refractivity contribution in [1.82, 2.24) is 29.1 Å². The van der Waals surface area contributed by atoms with Crippen LogP contribution in [0.15, 0.2) is 34.5 Å². The number of rotatable bonds is 14. The fourth-order valence-electron chi connectivity index (χ4n) is 4.71. The van der Waals surface area contributed by atoms with Crippen LogP contribution in [0.4, 0.5) is 0 Å². The van der Waals surface area contributed by atoms with Gasteiger partial charge in [-0.25, -0.2) is 33.0 Å². The summed E-state index contributed by atoms with van der Waals surface area (Å²) >= 11 is 5.13. The van der Waals surface area contributed by atoms with E-state index < -0.39 is 98.7 Å². The van der Waals surface area contributed by atoms with Crippen LogP contribution in [-0.2, 0) is 49.7 Å². The highest BCUT2D eigenvalue weighted by Gasteiger charge is 2.49. The SMILES string of the molecule is O=c1ccn([C@@H]2O[C@H](COP(=O)(O)OP(=O)(O)OP(=O)(O)OP(=O)(O)OCC3OC(n4cnc5[nH]cnc(=S)c54)C(O)C3O)C[C@H]2O)c(=O)[nH]1. The highest BCUT2D eigenvalue weighted by atomic mass is 32.1. The summed E-state index contributed by atoms with van der Waals surface area (Å²) < 4.78 is 82.6. The number of phosphoric ester groups is 2. The lowest BCUT2D eigenvalue weighted by atomic mass is 10.1. The topological polar surface area (TPSA) is 376 Å². The van der Waals surface area contributed by atoms with Crippen LogP contribution in [-0.4, -0.2) is 108 Å². The van der Waals surface area contributed by atoms with Gasteiger partial charge in [-0.1, -0.05) is 12.2 Å². The minimum Gasteiger partial charge on any atom is -0.388 e.